The van der Waals surface area contributed by atoms with Gasteiger partial charge in [-0.05, 0) is 55.5 Å². The van der Waals surface area contributed by atoms with E-state index >= 15 is 0 Å². The molecule has 6 nitrogen and oxygen atoms in total. The summed E-state index contributed by atoms with van der Waals surface area (Å²) >= 11 is 0. The molecule has 5 rings (SSSR count). The van der Waals surface area contributed by atoms with E-state index in [0.717, 1.165) is 66.7 Å². The number of aryl methyl sites for hydroxylation is 1. The summed E-state index contributed by atoms with van der Waals surface area (Å²) in [6, 6.07) is 18.4. The molecular formula is C27H32N4O2. The third kappa shape index (κ3) is 4.67. The molecule has 2 fully saturated rings. The van der Waals surface area contributed by atoms with Crippen LogP contribution in [0.5, 0.6) is 5.75 Å². The molecule has 33 heavy (non-hydrogen) atoms. The molecule has 2 amide bonds. The number of nitrogens with one attached hydrogen (secondary N) is 1. The van der Waals surface area contributed by atoms with Crippen LogP contribution in [0.25, 0.3) is 10.8 Å². The van der Waals surface area contributed by atoms with Crippen LogP contribution in [0.15, 0.2) is 60.8 Å². The van der Waals surface area contributed by atoms with Crippen LogP contribution in [-0.2, 0) is 0 Å². The number of amides is 2. The largest absolute Gasteiger partial charge is 0.490 e. The molecule has 2 aromatic carbocycles. The van der Waals surface area contributed by atoms with Gasteiger partial charge < -0.3 is 15.0 Å². The number of hydrogen-bond acceptors (Lipinski definition) is 4. The average molecular weight is 445 g/mol. The number of piperidine rings is 2. The highest BCUT2D eigenvalue weighted by atomic mass is 16.5. The zero-order valence-corrected chi connectivity index (χ0v) is 19.2. The number of likely N-dealkylation sites (tertiary alicyclic amines) is 1. The van der Waals surface area contributed by atoms with E-state index in [1.54, 1.807) is 0 Å². The Bertz CT molecular complexity index is 1080. The summed E-state index contributed by atoms with van der Waals surface area (Å²) in [4.78, 5) is 22.7. The molecule has 0 bridgehead atoms. The molecule has 0 unspecified atom stereocenters. The molecule has 1 atom stereocenters. The number of para-hydroxylation sites is 1. The van der Waals surface area contributed by atoms with E-state index in [-0.39, 0.29) is 18.2 Å². The number of pyridine rings is 1. The van der Waals surface area contributed by atoms with Gasteiger partial charge in [-0.25, -0.2) is 9.78 Å². The van der Waals surface area contributed by atoms with Crippen molar-refractivity contribution >= 4 is 22.6 Å². The van der Waals surface area contributed by atoms with Gasteiger partial charge in [-0.3, -0.25) is 4.90 Å². The van der Waals surface area contributed by atoms with Gasteiger partial charge in [0.25, 0.3) is 0 Å². The Hall–Kier alpha value is -3.12. The number of carbonyl (C=O) groups excluding carboxylic acids is 1. The minimum atomic E-state index is 0.0603. The molecule has 1 aromatic heterocycles. The van der Waals surface area contributed by atoms with Crippen LogP contribution in [0, 0.1) is 6.92 Å². The number of hydrogen-bond donors (Lipinski definition) is 1. The van der Waals surface area contributed by atoms with Crippen LogP contribution in [-0.4, -0.2) is 54.2 Å². The fourth-order valence-corrected chi connectivity index (χ4v) is 5.05. The van der Waals surface area contributed by atoms with Crippen molar-refractivity contribution in [3.8, 4) is 5.75 Å². The number of benzene rings is 2. The molecule has 2 aliphatic rings. The smallest absolute Gasteiger partial charge is 0.325 e. The molecule has 3 heterocycles. The van der Waals surface area contributed by atoms with E-state index in [1.165, 1.54) is 0 Å². The molecular weight excluding hydrogens is 412 g/mol. The minimum Gasteiger partial charge on any atom is -0.490 e. The van der Waals surface area contributed by atoms with Crippen molar-refractivity contribution in [1.29, 1.82) is 0 Å². The molecule has 1 N–H and O–H groups in total. The lowest BCUT2D eigenvalue weighted by Crippen LogP contribution is -2.55. The maximum absolute atomic E-state index is 14.0. The summed E-state index contributed by atoms with van der Waals surface area (Å²) in [6.45, 7) is 5.28. The van der Waals surface area contributed by atoms with E-state index in [2.05, 4.69) is 30.4 Å². The van der Waals surface area contributed by atoms with Gasteiger partial charge in [0.05, 0.1) is 6.04 Å². The number of rotatable bonds is 4. The van der Waals surface area contributed by atoms with Gasteiger partial charge >= 0.3 is 6.03 Å². The Kier molecular flexibility index (Phi) is 6.44. The molecule has 2 aliphatic heterocycles. The van der Waals surface area contributed by atoms with Crippen molar-refractivity contribution in [2.75, 3.05) is 31.1 Å². The Balaban J connectivity index is 1.39. The van der Waals surface area contributed by atoms with Crippen molar-refractivity contribution in [1.82, 2.24) is 15.2 Å². The van der Waals surface area contributed by atoms with Gasteiger partial charge in [-0.15, -0.1) is 0 Å². The number of ether oxygens (including phenoxy) is 1. The Morgan fingerprint density at radius 1 is 1.06 bits per heavy atom. The number of aromatic nitrogens is 1. The highest BCUT2D eigenvalue weighted by molar-refractivity contribution is 6.03. The second-order valence-corrected chi connectivity index (χ2v) is 9.08. The lowest BCUT2D eigenvalue weighted by Gasteiger charge is -2.40. The molecule has 0 spiro atoms. The monoisotopic (exact) mass is 444 g/mol. The Morgan fingerprint density at radius 3 is 2.64 bits per heavy atom. The number of fused-ring (bicyclic) bond motifs is 1. The quantitative estimate of drug-likeness (QED) is 0.630. The van der Waals surface area contributed by atoms with Crippen LogP contribution < -0.4 is 15.0 Å². The fourth-order valence-electron chi connectivity index (χ4n) is 5.05. The second-order valence-electron chi connectivity index (χ2n) is 9.08. The fraction of sp³-hybridized carbons (Fsp3) is 0.407. The maximum Gasteiger partial charge on any atom is 0.325 e. The van der Waals surface area contributed by atoms with E-state index in [4.69, 9.17) is 9.72 Å². The second kappa shape index (κ2) is 9.79. The van der Waals surface area contributed by atoms with E-state index in [9.17, 15) is 4.79 Å². The maximum atomic E-state index is 14.0. The normalized spacial score (nSPS) is 19.4. The standard InChI is InChI=1S/C27H32N4O2/c1-20-7-5-8-21-12-16-29-26(25(20)21)31(22-9-6-15-28-19-22)27(32)30-17-13-24(14-18-30)33-23-10-3-2-4-11-23/h2-5,7-8,10-12,16,22,24,28H,6,9,13-15,17-19H2,1H3/t22-/m1/s1. The van der Waals surface area contributed by atoms with Gasteiger partial charge in [0.2, 0.25) is 0 Å². The summed E-state index contributed by atoms with van der Waals surface area (Å²) < 4.78 is 6.14. The first-order valence-corrected chi connectivity index (χ1v) is 12.1. The van der Waals surface area contributed by atoms with Crippen LogP contribution in [0.2, 0.25) is 0 Å². The molecule has 0 radical (unpaired) electrons. The third-order valence-electron chi connectivity index (χ3n) is 6.81. The molecule has 3 aromatic rings. The first-order valence-electron chi connectivity index (χ1n) is 12.1. The lowest BCUT2D eigenvalue weighted by atomic mass is 10.0. The van der Waals surface area contributed by atoms with Crippen molar-refractivity contribution in [3.63, 3.8) is 0 Å². The van der Waals surface area contributed by atoms with Crippen LogP contribution in [0.4, 0.5) is 10.6 Å². The first kappa shape index (κ1) is 21.7. The zero-order valence-electron chi connectivity index (χ0n) is 19.2. The van der Waals surface area contributed by atoms with Crippen LogP contribution in [0.3, 0.4) is 0 Å². The Labute approximate surface area is 195 Å². The number of urea groups is 1. The molecule has 0 saturated carbocycles. The van der Waals surface area contributed by atoms with Gasteiger partial charge in [0.15, 0.2) is 0 Å². The predicted molar refractivity (Wildman–Crippen MR) is 132 cm³/mol. The third-order valence-corrected chi connectivity index (χ3v) is 6.81. The lowest BCUT2D eigenvalue weighted by molar-refractivity contribution is 0.112. The van der Waals surface area contributed by atoms with Crippen molar-refractivity contribution in [2.24, 2.45) is 0 Å². The van der Waals surface area contributed by atoms with E-state index in [1.807, 2.05) is 52.4 Å². The Morgan fingerprint density at radius 2 is 1.88 bits per heavy atom. The number of nitrogens with zero attached hydrogens (tertiary/aromatic N) is 3. The number of carbonyl (C=O) groups is 1. The first-order chi connectivity index (χ1) is 16.2. The van der Waals surface area contributed by atoms with Crippen LogP contribution in [0.1, 0.15) is 31.2 Å². The summed E-state index contributed by atoms with van der Waals surface area (Å²) in [5.74, 6) is 1.68. The average Bonchev–Trinajstić information content (AvgIpc) is 2.86. The van der Waals surface area contributed by atoms with E-state index < -0.39 is 0 Å². The van der Waals surface area contributed by atoms with Gasteiger partial charge in [0.1, 0.15) is 17.7 Å². The van der Waals surface area contributed by atoms with Crippen molar-refractivity contribution < 1.29 is 9.53 Å². The highest BCUT2D eigenvalue weighted by Gasteiger charge is 2.34. The molecule has 172 valence electrons. The summed E-state index contributed by atoms with van der Waals surface area (Å²) in [5, 5.41) is 5.67. The number of anilines is 1. The van der Waals surface area contributed by atoms with Gasteiger partial charge in [-0.1, -0.05) is 36.4 Å². The predicted octanol–water partition coefficient (Wildman–Crippen LogP) is 4.77. The van der Waals surface area contributed by atoms with Gasteiger partial charge in [0, 0.05) is 44.1 Å². The molecule has 6 heteroatoms. The summed E-state index contributed by atoms with van der Waals surface area (Å²) in [5.41, 5.74) is 1.15. The zero-order chi connectivity index (χ0) is 22.6. The molecule has 0 aliphatic carbocycles. The minimum absolute atomic E-state index is 0.0603. The molecule has 2 saturated heterocycles. The van der Waals surface area contributed by atoms with Crippen LogP contribution >= 0.6 is 0 Å². The van der Waals surface area contributed by atoms with Crippen molar-refractivity contribution in [2.45, 2.75) is 44.8 Å². The SMILES string of the molecule is Cc1cccc2ccnc(N(C(=O)N3CCC(Oc4ccccc4)CC3)[C@@H]3CCCNC3)c12. The van der Waals surface area contributed by atoms with Crippen molar-refractivity contribution in [3.05, 3.63) is 66.4 Å². The summed E-state index contributed by atoms with van der Waals surface area (Å²) in [7, 11) is 0. The van der Waals surface area contributed by atoms with Gasteiger partial charge in [-0.2, -0.15) is 0 Å². The van der Waals surface area contributed by atoms with E-state index in [0.29, 0.717) is 13.1 Å². The summed E-state index contributed by atoms with van der Waals surface area (Å²) in [6.07, 6.45) is 5.67. The highest BCUT2D eigenvalue weighted by Crippen LogP contribution is 2.31. The topological polar surface area (TPSA) is 57.7 Å².